The molecule has 2 unspecified atom stereocenters. The Morgan fingerprint density at radius 2 is 1.70 bits per heavy atom. The van der Waals surface area contributed by atoms with Crippen LogP contribution in [0.3, 0.4) is 0 Å². The highest BCUT2D eigenvalue weighted by molar-refractivity contribution is 5.37. The van der Waals surface area contributed by atoms with Gasteiger partial charge in [0.25, 0.3) is 0 Å². The summed E-state index contributed by atoms with van der Waals surface area (Å²) in [6.45, 7) is 4.14. The van der Waals surface area contributed by atoms with E-state index < -0.39 is 12.0 Å². The molecule has 2 nitrogen and oxygen atoms in total. The molecule has 0 fully saturated rings. The monoisotopic (exact) mass is 273 g/mol. The molecule has 2 rings (SSSR count). The van der Waals surface area contributed by atoms with Gasteiger partial charge in [0.05, 0.1) is 6.10 Å². The molecule has 0 aliphatic rings. The number of rotatable bonds is 4. The molecule has 0 radical (unpaired) electrons. The van der Waals surface area contributed by atoms with Crippen molar-refractivity contribution in [2.45, 2.75) is 25.9 Å². The van der Waals surface area contributed by atoms with Crippen LogP contribution in [0.25, 0.3) is 0 Å². The van der Waals surface area contributed by atoms with Crippen molar-refractivity contribution >= 4 is 0 Å². The van der Waals surface area contributed by atoms with Crippen LogP contribution in [0.2, 0.25) is 0 Å². The van der Waals surface area contributed by atoms with E-state index in [9.17, 15) is 9.50 Å². The molecule has 0 saturated heterocycles. The lowest BCUT2D eigenvalue weighted by molar-refractivity contribution is 0.145. The molecule has 2 aromatic rings. The normalized spacial score (nSPS) is 14.1. The van der Waals surface area contributed by atoms with E-state index in [1.807, 2.05) is 32.0 Å². The quantitative estimate of drug-likeness (QED) is 0.898. The van der Waals surface area contributed by atoms with Gasteiger partial charge in [0, 0.05) is 12.5 Å². The summed E-state index contributed by atoms with van der Waals surface area (Å²) in [5.74, 6) is -0.774. The molecule has 0 heterocycles. The van der Waals surface area contributed by atoms with Crippen LogP contribution >= 0.6 is 0 Å². The second-order valence-corrected chi connectivity index (χ2v) is 5.10. The van der Waals surface area contributed by atoms with Crippen molar-refractivity contribution in [1.82, 2.24) is 0 Å². The van der Waals surface area contributed by atoms with E-state index in [0.717, 1.165) is 16.7 Å². The van der Waals surface area contributed by atoms with Crippen molar-refractivity contribution in [3.05, 3.63) is 70.5 Å². The Hall–Kier alpha value is -1.71. The van der Waals surface area contributed by atoms with Crippen molar-refractivity contribution in [3.63, 3.8) is 0 Å². The van der Waals surface area contributed by atoms with Gasteiger partial charge in [-0.25, -0.2) is 4.39 Å². The van der Waals surface area contributed by atoms with Crippen molar-refractivity contribution in [2.75, 3.05) is 6.54 Å². The summed E-state index contributed by atoms with van der Waals surface area (Å²) in [6.07, 6.45) is -0.809. The first-order valence-corrected chi connectivity index (χ1v) is 6.75. The Labute approximate surface area is 119 Å². The van der Waals surface area contributed by atoms with Crippen LogP contribution in [0.4, 0.5) is 4.39 Å². The fourth-order valence-electron chi connectivity index (χ4n) is 2.51. The summed E-state index contributed by atoms with van der Waals surface area (Å²) in [5, 5.41) is 10.6. The minimum absolute atomic E-state index is 0.190. The molecular formula is C17H20FNO. The first-order valence-electron chi connectivity index (χ1n) is 6.75. The maximum atomic E-state index is 13.9. The summed E-state index contributed by atoms with van der Waals surface area (Å²) in [4.78, 5) is 0. The standard InChI is InChI=1S/C17H20FNO/c1-11-6-5-8-13(12(11)2)17(20)15(10-19)14-7-3-4-9-16(14)18/h3-9,15,17,20H,10,19H2,1-2H3. The van der Waals surface area contributed by atoms with E-state index in [1.54, 1.807) is 18.2 Å². The van der Waals surface area contributed by atoms with E-state index in [4.69, 9.17) is 5.73 Å². The Bertz CT molecular complexity index is 597. The van der Waals surface area contributed by atoms with E-state index >= 15 is 0 Å². The van der Waals surface area contributed by atoms with Gasteiger partial charge in [-0.05, 0) is 42.2 Å². The number of halogens is 1. The van der Waals surface area contributed by atoms with Crippen molar-refractivity contribution < 1.29 is 9.50 Å². The zero-order chi connectivity index (χ0) is 14.7. The van der Waals surface area contributed by atoms with Crippen LogP contribution in [-0.2, 0) is 0 Å². The summed E-state index contributed by atoms with van der Waals surface area (Å²) < 4.78 is 13.9. The molecule has 2 aromatic carbocycles. The highest BCUT2D eigenvalue weighted by atomic mass is 19.1. The Morgan fingerprint density at radius 3 is 2.35 bits per heavy atom. The van der Waals surface area contributed by atoms with Crippen molar-refractivity contribution in [3.8, 4) is 0 Å². The lowest BCUT2D eigenvalue weighted by Gasteiger charge is -2.24. The van der Waals surface area contributed by atoms with Crippen LogP contribution < -0.4 is 5.73 Å². The number of aryl methyl sites for hydroxylation is 1. The molecular weight excluding hydrogens is 253 g/mol. The zero-order valence-electron chi connectivity index (χ0n) is 11.8. The maximum Gasteiger partial charge on any atom is 0.126 e. The Balaban J connectivity index is 2.42. The fraction of sp³-hybridized carbons (Fsp3) is 0.294. The Kier molecular flexibility index (Phi) is 4.53. The SMILES string of the molecule is Cc1cccc(C(O)C(CN)c2ccccc2F)c1C. The van der Waals surface area contributed by atoms with Gasteiger partial charge in [0.1, 0.15) is 5.82 Å². The second kappa shape index (κ2) is 6.16. The maximum absolute atomic E-state index is 13.9. The summed E-state index contributed by atoms with van der Waals surface area (Å²) in [5.41, 5.74) is 9.17. The molecule has 106 valence electrons. The smallest absolute Gasteiger partial charge is 0.126 e. The molecule has 0 aliphatic carbocycles. The van der Waals surface area contributed by atoms with E-state index in [0.29, 0.717) is 5.56 Å². The largest absolute Gasteiger partial charge is 0.388 e. The number of nitrogens with two attached hydrogens (primary N) is 1. The number of hydrogen-bond acceptors (Lipinski definition) is 2. The first kappa shape index (κ1) is 14.7. The molecule has 0 spiro atoms. The van der Waals surface area contributed by atoms with Gasteiger partial charge in [-0.15, -0.1) is 0 Å². The lowest BCUT2D eigenvalue weighted by atomic mass is 9.86. The predicted octanol–water partition coefficient (Wildman–Crippen LogP) is 3.22. The average molecular weight is 273 g/mol. The van der Waals surface area contributed by atoms with E-state index in [1.165, 1.54) is 6.07 Å². The van der Waals surface area contributed by atoms with Crippen LogP contribution in [0.5, 0.6) is 0 Å². The van der Waals surface area contributed by atoms with Gasteiger partial charge in [0.15, 0.2) is 0 Å². The molecule has 20 heavy (non-hydrogen) atoms. The van der Waals surface area contributed by atoms with Crippen molar-refractivity contribution in [2.24, 2.45) is 5.73 Å². The zero-order valence-corrected chi connectivity index (χ0v) is 11.8. The highest BCUT2D eigenvalue weighted by Crippen LogP contribution is 2.33. The number of benzene rings is 2. The van der Waals surface area contributed by atoms with Gasteiger partial charge in [-0.2, -0.15) is 0 Å². The molecule has 0 saturated carbocycles. The molecule has 0 aliphatic heterocycles. The summed E-state index contributed by atoms with van der Waals surface area (Å²) in [6, 6.07) is 12.2. The highest BCUT2D eigenvalue weighted by Gasteiger charge is 2.25. The molecule has 0 amide bonds. The third-order valence-electron chi connectivity index (χ3n) is 3.90. The van der Waals surface area contributed by atoms with Gasteiger partial charge in [-0.3, -0.25) is 0 Å². The molecule has 0 aromatic heterocycles. The second-order valence-electron chi connectivity index (χ2n) is 5.10. The molecule has 0 bridgehead atoms. The fourth-order valence-corrected chi connectivity index (χ4v) is 2.51. The topological polar surface area (TPSA) is 46.2 Å². The Morgan fingerprint density at radius 1 is 1.05 bits per heavy atom. The molecule has 3 N–H and O–H groups in total. The van der Waals surface area contributed by atoms with Gasteiger partial charge >= 0.3 is 0 Å². The minimum atomic E-state index is -0.809. The van der Waals surface area contributed by atoms with Crippen molar-refractivity contribution in [1.29, 1.82) is 0 Å². The molecule has 2 atom stereocenters. The predicted molar refractivity (Wildman–Crippen MR) is 79.1 cm³/mol. The number of hydrogen-bond donors (Lipinski definition) is 2. The van der Waals surface area contributed by atoms with Crippen LogP contribution in [-0.4, -0.2) is 11.7 Å². The van der Waals surface area contributed by atoms with E-state index in [-0.39, 0.29) is 12.4 Å². The number of aliphatic hydroxyl groups is 1. The van der Waals surface area contributed by atoms with Gasteiger partial charge in [0.2, 0.25) is 0 Å². The van der Waals surface area contributed by atoms with E-state index in [2.05, 4.69) is 0 Å². The third-order valence-corrected chi connectivity index (χ3v) is 3.90. The molecule has 3 heteroatoms. The third kappa shape index (κ3) is 2.74. The first-order chi connectivity index (χ1) is 9.56. The summed E-state index contributed by atoms with van der Waals surface area (Å²) >= 11 is 0. The minimum Gasteiger partial charge on any atom is -0.388 e. The number of aliphatic hydroxyl groups excluding tert-OH is 1. The lowest BCUT2D eigenvalue weighted by Crippen LogP contribution is -2.22. The average Bonchev–Trinajstić information content (AvgIpc) is 2.44. The van der Waals surface area contributed by atoms with Crippen LogP contribution in [0.1, 0.15) is 34.3 Å². The van der Waals surface area contributed by atoms with Gasteiger partial charge < -0.3 is 10.8 Å². The van der Waals surface area contributed by atoms with Crippen LogP contribution in [0.15, 0.2) is 42.5 Å². The van der Waals surface area contributed by atoms with Gasteiger partial charge in [-0.1, -0.05) is 36.4 Å². The summed E-state index contributed by atoms with van der Waals surface area (Å²) in [7, 11) is 0. The van der Waals surface area contributed by atoms with Crippen LogP contribution in [0, 0.1) is 19.7 Å².